The van der Waals surface area contributed by atoms with E-state index < -0.39 is 40.8 Å². The molecule has 86 valence electrons. The number of aliphatic carboxylic acids is 1. The standard InChI is InChI=1S/C9H6F2O5/c10-4-1-3(7(12)9(15)16)2-5(11)6(4)8(13)14/h1-2,7,12H,(H,13,14)(H,15,16). The van der Waals surface area contributed by atoms with Gasteiger partial charge in [0.15, 0.2) is 6.10 Å². The summed E-state index contributed by atoms with van der Waals surface area (Å²) in [5.41, 5.74) is -1.76. The minimum absolute atomic E-state index is 0.464. The van der Waals surface area contributed by atoms with Crippen molar-refractivity contribution >= 4 is 11.9 Å². The molecule has 0 saturated heterocycles. The SMILES string of the molecule is O=C(O)c1c(F)cc(C(O)C(=O)O)cc1F. The zero-order chi connectivity index (χ0) is 12.5. The highest BCUT2D eigenvalue weighted by Crippen LogP contribution is 2.20. The average Bonchev–Trinajstić information content (AvgIpc) is 2.14. The van der Waals surface area contributed by atoms with E-state index >= 15 is 0 Å². The number of rotatable bonds is 3. The maximum Gasteiger partial charge on any atom is 0.341 e. The fourth-order valence-corrected chi connectivity index (χ4v) is 1.10. The first-order valence-corrected chi connectivity index (χ1v) is 3.97. The van der Waals surface area contributed by atoms with E-state index in [-0.39, 0.29) is 0 Å². The van der Waals surface area contributed by atoms with Gasteiger partial charge in [0.2, 0.25) is 0 Å². The first-order valence-electron chi connectivity index (χ1n) is 3.97. The highest BCUT2D eigenvalue weighted by Gasteiger charge is 2.23. The predicted octanol–water partition coefficient (Wildman–Crippen LogP) is 0.781. The Morgan fingerprint density at radius 1 is 1.12 bits per heavy atom. The van der Waals surface area contributed by atoms with Crippen molar-refractivity contribution in [1.29, 1.82) is 0 Å². The van der Waals surface area contributed by atoms with Gasteiger partial charge in [0, 0.05) is 0 Å². The largest absolute Gasteiger partial charge is 0.479 e. The Morgan fingerprint density at radius 2 is 1.56 bits per heavy atom. The van der Waals surface area contributed by atoms with Crippen LogP contribution in [0.5, 0.6) is 0 Å². The van der Waals surface area contributed by atoms with Crippen molar-refractivity contribution in [2.24, 2.45) is 0 Å². The molecule has 0 spiro atoms. The van der Waals surface area contributed by atoms with Gasteiger partial charge in [-0.2, -0.15) is 0 Å². The lowest BCUT2D eigenvalue weighted by Crippen LogP contribution is -2.13. The Balaban J connectivity index is 3.30. The number of aliphatic hydroxyl groups excluding tert-OH is 1. The minimum atomic E-state index is -2.10. The first-order chi connectivity index (χ1) is 7.34. The molecule has 0 aromatic heterocycles. The molecule has 0 fully saturated rings. The molecule has 16 heavy (non-hydrogen) atoms. The van der Waals surface area contributed by atoms with Crippen molar-refractivity contribution in [2.75, 3.05) is 0 Å². The van der Waals surface area contributed by atoms with Gasteiger partial charge in [-0.1, -0.05) is 0 Å². The molecule has 1 aromatic rings. The molecule has 0 bridgehead atoms. The number of carbonyl (C=O) groups is 2. The van der Waals surface area contributed by atoms with Crippen LogP contribution in [-0.2, 0) is 4.79 Å². The molecule has 0 heterocycles. The number of aromatic carboxylic acids is 1. The third-order valence-corrected chi connectivity index (χ3v) is 1.83. The Bertz CT molecular complexity index is 434. The van der Waals surface area contributed by atoms with Gasteiger partial charge in [-0.15, -0.1) is 0 Å². The molecular weight excluding hydrogens is 226 g/mol. The molecule has 1 aromatic carbocycles. The van der Waals surface area contributed by atoms with E-state index in [1.165, 1.54) is 0 Å². The molecule has 0 aliphatic rings. The van der Waals surface area contributed by atoms with E-state index in [0.29, 0.717) is 12.1 Å². The fraction of sp³-hybridized carbons (Fsp3) is 0.111. The van der Waals surface area contributed by atoms with Crippen LogP contribution < -0.4 is 0 Å². The van der Waals surface area contributed by atoms with Crippen LogP contribution >= 0.6 is 0 Å². The van der Waals surface area contributed by atoms with E-state index in [1.807, 2.05) is 0 Å². The van der Waals surface area contributed by atoms with E-state index in [0.717, 1.165) is 0 Å². The zero-order valence-electron chi connectivity index (χ0n) is 7.65. The minimum Gasteiger partial charge on any atom is -0.479 e. The summed E-state index contributed by atoms with van der Waals surface area (Å²) in [4.78, 5) is 20.7. The molecule has 5 nitrogen and oxygen atoms in total. The molecule has 0 amide bonds. The van der Waals surface area contributed by atoms with Crippen molar-refractivity contribution in [3.05, 3.63) is 34.9 Å². The van der Waals surface area contributed by atoms with Crippen molar-refractivity contribution in [2.45, 2.75) is 6.10 Å². The smallest absolute Gasteiger partial charge is 0.341 e. The second-order valence-corrected chi connectivity index (χ2v) is 2.91. The number of hydrogen-bond donors (Lipinski definition) is 3. The Morgan fingerprint density at radius 3 is 1.88 bits per heavy atom. The summed E-state index contributed by atoms with van der Waals surface area (Å²) in [6, 6.07) is 0.927. The summed E-state index contributed by atoms with van der Waals surface area (Å²) in [5, 5.41) is 25.8. The Labute approximate surface area is 87.6 Å². The van der Waals surface area contributed by atoms with Crippen LogP contribution in [0.3, 0.4) is 0 Å². The van der Waals surface area contributed by atoms with E-state index in [9.17, 15) is 18.4 Å². The van der Waals surface area contributed by atoms with Gasteiger partial charge in [-0.05, 0) is 17.7 Å². The lowest BCUT2D eigenvalue weighted by molar-refractivity contribution is -0.146. The number of hydrogen-bond acceptors (Lipinski definition) is 3. The maximum absolute atomic E-state index is 13.1. The summed E-state index contributed by atoms with van der Waals surface area (Å²) in [5.74, 6) is -6.39. The topological polar surface area (TPSA) is 94.8 Å². The van der Waals surface area contributed by atoms with Crippen LogP contribution in [0, 0.1) is 11.6 Å². The quantitative estimate of drug-likeness (QED) is 0.715. The summed E-state index contributed by atoms with van der Waals surface area (Å²) in [6.07, 6.45) is -2.10. The van der Waals surface area contributed by atoms with Crippen molar-refractivity contribution < 1.29 is 33.7 Å². The number of halogens is 2. The third kappa shape index (κ3) is 2.14. The van der Waals surface area contributed by atoms with Gasteiger partial charge < -0.3 is 15.3 Å². The van der Waals surface area contributed by atoms with Crippen molar-refractivity contribution in [3.63, 3.8) is 0 Å². The van der Waals surface area contributed by atoms with Crippen LogP contribution in [0.4, 0.5) is 8.78 Å². The molecule has 0 saturated carbocycles. The van der Waals surface area contributed by atoms with Gasteiger partial charge >= 0.3 is 11.9 Å². The molecule has 1 rings (SSSR count). The van der Waals surface area contributed by atoms with Gasteiger partial charge in [-0.25, -0.2) is 18.4 Å². The van der Waals surface area contributed by atoms with E-state index in [1.54, 1.807) is 0 Å². The fourth-order valence-electron chi connectivity index (χ4n) is 1.10. The molecule has 7 heteroatoms. The third-order valence-electron chi connectivity index (χ3n) is 1.83. The summed E-state index contributed by atoms with van der Waals surface area (Å²) >= 11 is 0. The number of carboxylic acid groups (broad SMARTS) is 2. The van der Waals surface area contributed by atoms with Crippen LogP contribution in [0.1, 0.15) is 22.0 Å². The molecule has 1 unspecified atom stereocenters. The second-order valence-electron chi connectivity index (χ2n) is 2.91. The second kappa shape index (κ2) is 4.23. The zero-order valence-corrected chi connectivity index (χ0v) is 7.65. The normalized spacial score (nSPS) is 12.2. The molecule has 0 aliphatic heterocycles. The number of aliphatic hydroxyl groups is 1. The number of carboxylic acids is 2. The lowest BCUT2D eigenvalue weighted by atomic mass is 10.1. The maximum atomic E-state index is 13.1. The average molecular weight is 232 g/mol. The molecule has 0 aliphatic carbocycles. The summed E-state index contributed by atoms with van der Waals surface area (Å²) in [6.45, 7) is 0. The monoisotopic (exact) mass is 232 g/mol. The predicted molar refractivity (Wildman–Crippen MR) is 45.9 cm³/mol. The van der Waals surface area contributed by atoms with Crippen LogP contribution in [0.2, 0.25) is 0 Å². The molecule has 0 radical (unpaired) electrons. The van der Waals surface area contributed by atoms with Gasteiger partial charge in [-0.3, -0.25) is 0 Å². The highest BCUT2D eigenvalue weighted by atomic mass is 19.1. The van der Waals surface area contributed by atoms with Crippen LogP contribution in [-0.4, -0.2) is 27.3 Å². The van der Waals surface area contributed by atoms with Crippen LogP contribution in [0.15, 0.2) is 12.1 Å². The van der Waals surface area contributed by atoms with Crippen molar-refractivity contribution in [3.8, 4) is 0 Å². The Hall–Kier alpha value is -2.02. The number of benzene rings is 1. The van der Waals surface area contributed by atoms with Gasteiger partial charge in [0.25, 0.3) is 0 Å². The highest BCUT2D eigenvalue weighted by molar-refractivity contribution is 5.88. The van der Waals surface area contributed by atoms with Crippen molar-refractivity contribution in [1.82, 2.24) is 0 Å². The molecule has 1 atom stereocenters. The first kappa shape index (κ1) is 12.1. The van der Waals surface area contributed by atoms with E-state index in [2.05, 4.69) is 0 Å². The van der Waals surface area contributed by atoms with Gasteiger partial charge in [0.1, 0.15) is 17.2 Å². The summed E-state index contributed by atoms with van der Waals surface area (Å²) < 4.78 is 26.1. The molecular formula is C9H6F2O5. The Kier molecular flexibility index (Phi) is 3.19. The lowest BCUT2D eigenvalue weighted by Gasteiger charge is -2.07. The van der Waals surface area contributed by atoms with Crippen LogP contribution in [0.25, 0.3) is 0 Å². The molecule has 3 N–H and O–H groups in total. The van der Waals surface area contributed by atoms with E-state index in [4.69, 9.17) is 15.3 Å². The van der Waals surface area contributed by atoms with Gasteiger partial charge in [0.05, 0.1) is 0 Å². The summed E-state index contributed by atoms with van der Waals surface area (Å²) in [7, 11) is 0.